The molecule has 78 valence electrons. The molecule has 1 aliphatic carbocycles. The fraction of sp³-hybridized carbons (Fsp3) is 1.00. The van der Waals surface area contributed by atoms with E-state index in [1.54, 1.807) is 21.3 Å². The molecule has 4 nitrogen and oxygen atoms in total. The van der Waals surface area contributed by atoms with E-state index in [1.165, 1.54) is 11.6 Å². The molecule has 0 aromatic heterocycles. The predicted molar refractivity (Wildman–Crippen MR) is 48.7 cm³/mol. The second-order valence-corrected chi connectivity index (χ2v) is 3.33. The third-order valence-electron chi connectivity index (χ3n) is 2.68. The van der Waals surface area contributed by atoms with E-state index in [2.05, 4.69) is 0 Å². The second-order valence-electron chi connectivity index (χ2n) is 3.33. The maximum absolute atomic E-state index is 5.50. The Kier molecular flexibility index (Phi) is 4.12. The summed E-state index contributed by atoms with van der Waals surface area (Å²) in [6.45, 7) is 0. The summed E-state index contributed by atoms with van der Waals surface area (Å²) in [5, 5.41) is 1.46. The molecule has 0 N–H and O–H groups in total. The Balaban J connectivity index is 2.64. The number of nitrogens with zero attached hydrogens (tertiary/aromatic N) is 1. The van der Waals surface area contributed by atoms with Gasteiger partial charge in [-0.15, -0.1) is 0 Å². The van der Waals surface area contributed by atoms with Crippen LogP contribution in [0.2, 0.25) is 0 Å². The fourth-order valence-electron chi connectivity index (χ4n) is 1.97. The van der Waals surface area contributed by atoms with Gasteiger partial charge < -0.3 is 4.74 Å². The van der Waals surface area contributed by atoms with E-state index in [1.807, 2.05) is 0 Å². The molecule has 0 aromatic rings. The van der Waals surface area contributed by atoms with Crippen LogP contribution in [0.3, 0.4) is 0 Å². The highest BCUT2D eigenvalue weighted by molar-refractivity contribution is 4.78. The number of ether oxygens (including phenoxy) is 1. The molecule has 0 saturated heterocycles. The van der Waals surface area contributed by atoms with Gasteiger partial charge in [0.1, 0.15) is 0 Å². The van der Waals surface area contributed by atoms with Gasteiger partial charge in [0.05, 0.1) is 14.2 Å². The molecule has 1 saturated carbocycles. The van der Waals surface area contributed by atoms with Crippen LogP contribution in [0.25, 0.3) is 0 Å². The number of hydroxylamine groups is 2. The van der Waals surface area contributed by atoms with Crippen LogP contribution in [0.15, 0.2) is 0 Å². The Morgan fingerprint density at radius 3 is 1.85 bits per heavy atom. The van der Waals surface area contributed by atoms with Gasteiger partial charge in [-0.05, 0) is 30.9 Å². The molecule has 4 heteroatoms. The van der Waals surface area contributed by atoms with Crippen molar-refractivity contribution in [3.63, 3.8) is 0 Å². The van der Waals surface area contributed by atoms with Gasteiger partial charge in [-0.25, -0.2) is 0 Å². The van der Waals surface area contributed by atoms with Gasteiger partial charge in [0.2, 0.25) is 0 Å². The molecule has 0 atom stereocenters. The first kappa shape index (κ1) is 10.9. The molecule has 0 bridgehead atoms. The highest BCUT2D eigenvalue weighted by Crippen LogP contribution is 2.34. The maximum atomic E-state index is 5.50. The van der Waals surface area contributed by atoms with Crippen molar-refractivity contribution in [3.8, 4) is 0 Å². The van der Waals surface area contributed by atoms with Gasteiger partial charge in [-0.3, -0.25) is 9.68 Å². The Hall–Kier alpha value is -0.160. The Bertz CT molecular complexity index is 142. The average Bonchev–Trinajstić information content (AvgIpc) is 2.21. The number of hydrogen-bond acceptors (Lipinski definition) is 4. The summed E-state index contributed by atoms with van der Waals surface area (Å²) in [5.41, 5.74) is -0.373. The van der Waals surface area contributed by atoms with E-state index in [9.17, 15) is 0 Å². The van der Waals surface area contributed by atoms with Gasteiger partial charge in [0.25, 0.3) is 0 Å². The Morgan fingerprint density at radius 2 is 1.46 bits per heavy atom. The molecule has 0 unspecified atom stereocenters. The molecule has 1 aliphatic rings. The molecule has 0 amide bonds. The molecule has 0 aliphatic heterocycles. The lowest BCUT2D eigenvalue weighted by atomic mass is 9.92. The quantitative estimate of drug-likeness (QED) is 0.497. The van der Waals surface area contributed by atoms with Gasteiger partial charge in [-0.2, -0.15) is 0 Å². The van der Waals surface area contributed by atoms with Crippen LogP contribution in [0.4, 0.5) is 0 Å². The minimum Gasteiger partial charge on any atom is -0.359 e. The van der Waals surface area contributed by atoms with Crippen molar-refractivity contribution in [3.05, 3.63) is 0 Å². The van der Waals surface area contributed by atoms with E-state index < -0.39 is 0 Å². The number of rotatable bonds is 4. The van der Waals surface area contributed by atoms with Crippen molar-refractivity contribution in [2.24, 2.45) is 0 Å². The van der Waals surface area contributed by atoms with Gasteiger partial charge in [0, 0.05) is 7.11 Å². The number of hydrogen-bond donors (Lipinski definition) is 0. The molecule has 1 rings (SSSR count). The summed E-state index contributed by atoms with van der Waals surface area (Å²) in [5.74, 6) is 0. The normalized spacial score (nSPS) is 22.2. The average molecular weight is 189 g/mol. The summed E-state index contributed by atoms with van der Waals surface area (Å²) in [4.78, 5) is 10.2. The Morgan fingerprint density at radius 1 is 0.923 bits per heavy atom. The summed E-state index contributed by atoms with van der Waals surface area (Å²) >= 11 is 0. The van der Waals surface area contributed by atoms with Crippen molar-refractivity contribution in [2.45, 2.75) is 37.8 Å². The lowest BCUT2D eigenvalue weighted by Gasteiger charge is -2.41. The molecule has 0 aromatic carbocycles. The monoisotopic (exact) mass is 189 g/mol. The van der Waals surface area contributed by atoms with E-state index in [0.29, 0.717) is 0 Å². The van der Waals surface area contributed by atoms with Crippen LogP contribution in [-0.4, -0.2) is 32.3 Å². The molecule has 0 radical (unpaired) electrons. The summed E-state index contributed by atoms with van der Waals surface area (Å²) in [6.07, 6.45) is 5.52. The third kappa shape index (κ3) is 2.20. The Labute approximate surface area is 79.7 Å². The standard InChI is InChI=1S/C9H19NO3/c1-11-9(10(12-2)13-3)7-5-4-6-8-9/h4-8H2,1-3H3. The van der Waals surface area contributed by atoms with Crippen molar-refractivity contribution < 1.29 is 14.4 Å². The summed E-state index contributed by atoms with van der Waals surface area (Å²) < 4.78 is 5.50. The molecular formula is C9H19NO3. The van der Waals surface area contributed by atoms with E-state index in [0.717, 1.165) is 25.7 Å². The van der Waals surface area contributed by atoms with Crippen LogP contribution < -0.4 is 0 Å². The zero-order valence-electron chi connectivity index (χ0n) is 8.71. The smallest absolute Gasteiger partial charge is 0.170 e. The molecule has 0 heterocycles. The minimum absolute atomic E-state index is 0.373. The number of methoxy groups -OCH3 is 1. The van der Waals surface area contributed by atoms with Crippen molar-refractivity contribution in [2.75, 3.05) is 21.3 Å². The van der Waals surface area contributed by atoms with Crippen molar-refractivity contribution in [1.29, 1.82) is 0 Å². The van der Waals surface area contributed by atoms with Gasteiger partial charge in [-0.1, -0.05) is 6.42 Å². The zero-order valence-corrected chi connectivity index (χ0v) is 8.71. The highest BCUT2D eigenvalue weighted by atomic mass is 17.0. The van der Waals surface area contributed by atoms with Crippen LogP contribution in [0.5, 0.6) is 0 Å². The molecule has 0 spiro atoms. The first-order chi connectivity index (χ1) is 6.29. The predicted octanol–water partition coefficient (Wildman–Crippen LogP) is 1.72. The lowest BCUT2D eigenvalue weighted by Crippen LogP contribution is -2.50. The first-order valence-corrected chi connectivity index (χ1v) is 4.72. The topological polar surface area (TPSA) is 30.9 Å². The summed E-state index contributed by atoms with van der Waals surface area (Å²) in [6, 6.07) is 0. The van der Waals surface area contributed by atoms with Crippen LogP contribution in [0, 0.1) is 0 Å². The van der Waals surface area contributed by atoms with Crippen molar-refractivity contribution >= 4 is 0 Å². The van der Waals surface area contributed by atoms with E-state index in [-0.39, 0.29) is 5.72 Å². The highest BCUT2D eigenvalue weighted by Gasteiger charge is 2.39. The second kappa shape index (κ2) is 4.91. The van der Waals surface area contributed by atoms with Gasteiger partial charge in [0.15, 0.2) is 5.72 Å². The van der Waals surface area contributed by atoms with Crippen LogP contribution >= 0.6 is 0 Å². The van der Waals surface area contributed by atoms with E-state index >= 15 is 0 Å². The van der Waals surface area contributed by atoms with Crippen LogP contribution in [0.1, 0.15) is 32.1 Å². The largest absolute Gasteiger partial charge is 0.359 e. The first-order valence-electron chi connectivity index (χ1n) is 4.72. The van der Waals surface area contributed by atoms with Crippen LogP contribution in [-0.2, 0) is 14.4 Å². The molecule has 13 heavy (non-hydrogen) atoms. The molecular weight excluding hydrogens is 170 g/mol. The van der Waals surface area contributed by atoms with Crippen molar-refractivity contribution in [1.82, 2.24) is 5.23 Å². The SMILES string of the molecule is CON(OC)C1(OC)CCCCC1. The zero-order chi connectivity index (χ0) is 9.73. The third-order valence-corrected chi connectivity index (χ3v) is 2.68. The van der Waals surface area contributed by atoms with E-state index in [4.69, 9.17) is 14.4 Å². The summed E-state index contributed by atoms with van der Waals surface area (Å²) in [7, 11) is 4.90. The fourth-order valence-corrected chi connectivity index (χ4v) is 1.97. The van der Waals surface area contributed by atoms with Gasteiger partial charge >= 0.3 is 0 Å². The minimum atomic E-state index is -0.373. The maximum Gasteiger partial charge on any atom is 0.170 e. The molecule has 1 fully saturated rings. The lowest BCUT2D eigenvalue weighted by molar-refractivity contribution is -0.444.